The fourth-order valence-electron chi connectivity index (χ4n) is 11.8. The predicted octanol–water partition coefficient (Wildman–Crippen LogP) is 12.6. The van der Waals surface area contributed by atoms with Gasteiger partial charge in [-0.2, -0.15) is 0 Å². The fourth-order valence-corrected chi connectivity index (χ4v) is 11.8. The van der Waals surface area contributed by atoms with E-state index in [4.69, 9.17) is 15.0 Å². The number of aromatic hydroxyl groups is 3. The zero-order valence-electron chi connectivity index (χ0n) is 50.1. The standard InChI is InChI=1S/C27H28N4O.C26H26N4O.C20H22N4O/c32-24-10-7-22(8-11-24)23-9-12-25-26(19-23)29-27(20-28-25)31-15-4-14-30(17-18-31)16-13-21-5-2-1-3-6-21;31-23-10-7-21(8-11-23)22-9-12-24-25(17-22)28-26(18-27-24)30-14-4-13-29(15-16-30)19-20-5-2-1-3-6-20;1-23-9-2-10-24(12-11-23)20-14-21-18-8-5-16(13-19(18)22-20)15-3-6-17(25)7-4-15/h1-3,5-12,19-20,32H,4,13-18H2;1-3,5-12,17-18,31H,4,13-16,19H2;3-8,13-14,25H,2,9-12H2,1H3. The van der Waals surface area contributed by atoms with Crippen LogP contribution < -0.4 is 14.7 Å². The summed E-state index contributed by atoms with van der Waals surface area (Å²) >= 11 is 0. The molecule has 0 unspecified atom stereocenters. The summed E-state index contributed by atoms with van der Waals surface area (Å²) in [5.41, 5.74) is 14.6. The SMILES string of the molecule is CN1CCCN(c2cnc3ccc(-c4ccc(O)cc4)cc3n2)CC1.Oc1ccc(-c2ccc3ncc(N4CCCN(CCc5ccccc5)CC4)nc3c2)cc1.Oc1ccc(-c2ccc3ncc(N4CCCN(Cc5ccccc5)CC4)nc3c2)cc1. The van der Waals surface area contributed by atoms with Crippen molar-refractivity contribution in [1.82, 2.24) is 44.6 Å². The minimum Gasteiger partial charge on any atom is -0.508 e. The number of rotatable bonds is 11. The summed E-state index contributed by atoms with van der Waals surface area (Å²) in [4.78, 5) is 43.2. The Morgan fingerprint density at radius 3 is 1.12 bits per heavy atom. The molecule has 0 amide bonds. The second-order valence-corrected chi connectivity index (χ2v) is 23.1. The minimum atomic E-state index is 0.272. The van der Waals surface area contributed by atoms with Crippen molar-refractivity contribution in [2.45, 2.75) is 32.2 Å². The van der Waals surface area contributed by atoms with Gasteiger partial charge in [0.25, 0.3) is 0 Å². The zero-order chi connectivity index (χ0) is 60.0. The van der Waals surface area contributed by atoms with E-state index in [1.807, 2.05) is 79.3 Å². The molecular weight excluding hydrogens is 1090 g/mol. The Morgan fingerprint density at radius 1 is 0.330 bits per heavy atom. The monoisotopic (exact) mass is 1170 g/mol. The molecule has 88 heavy (non-hydrogen) atoms. The molecule has 3 fully saturated rings. The van der Waals surface area contributed by atoms with Crippen molar-refractivity contribution in [3.8, 4) is 50.6 Å². The lowest BCUT2D eigenvalue weighted by Gasteiger charge is -2.22. The number of fused-ring (bicyclic) bond motifs is 3. The molecule has 15 nitrogen and oxygen atoms in total. The van der Waals surface area contributed by atoms with E-state index in [-0.39, 0.29) is 17.2 Å². The number of hydrogen-bond donors (Lipinski definition) is 3. The van der Waals surface area contributed by atoms with Crippen molar-refractivity contribution < 1.29 is 15.3 Å². The van der Waals surface area contributed by atoms with E-state index in [2.05, 4.69) is 142 Å². The largest absolute Gasteiger partial charge is 0.508 e. The highest BCUT2D eigenvalue weighted by Gasteiger charge is 2.20. The summed E-state index contributed by atoms with van der Waals surface area (Å²) in [5.74, 6) is 3.66. The maximum absolute atomic E-state index is 9.56. The van der Waals surface area contributed by atoms with Gasteiger partial charge in [0, 0.05) is 78.5 Å². The average molecular weight is 1170 g/mol. The molecule has 3 N–H and O–H groups in total. The van der Waals surface area contributed by atoms with E-state index in [1.165, 1.54) is 11.1 Å². The highest BCUT2D eigenvalue weighted by atomic mass is 16.3. The van der Waals surface area contributed by atoms with Gasteiger partial charge in [-0.05, 0) is 163 Å². The molecule has 0 radical (unpaired) electrons. The molecule has 3 aliphatic heterocycles. The smallest absolute Gasteiger partial charge is 0.147 e. The first-order chi connectivity index (χ1) is 43.2. The van der Waals surface area contributed by atoms with Crippen molar-refractivity contribution in [1.29, 1.82) is 0 Å². The Hall–Kier alpha value is -9.54. The van der Waals surface area contributed by atoms with Crippen LogP contribution in [0.5, 0.6) is 17.2 Å². The maximum atomic E-state index is 9.56. The Labute approximate surface area is 515 Å². The van der Waals surface area contributed by atoms with E-state index in [0.717, 1.165) is 201 Å². The number of likely N-dealkylation sites (N-methyl/N-ethyl adjacent to an activating group) is 1. The van der Waals surface area contributed by atoms with Crippen LogP contribution in [0.2, 0.25) is 0 Å². The Bertz CT molecular complexity index is 4050. The van der Waals surface area contributed by atoms with Gasteiger partial charge in [0.05, 0.1) is 51.7 Å². The zero-order valence-corrected chi connectivity index (χ0v) is 50.1. The van der Waals surface area contributed by atoms with Crippen molar-refractivity contribution >= 4 is 50.6 Å². The lowest BCUT2D eigenvalue weighted by Crippen LogP contribution is -2.32. The highest BCUT2D eigenvalue weighted by Crippen LogP contribution is 2.30. The van der Waals surface area contributed by atoms with Gasteiger partial charge in [-0.3, -0.25) is 19.9 Å². The molecule has 0 aliphatic carbocycles. The van der Waals surface area contributed by atoms with Gasteiger partial charge in [0.2, 0.25) is 0 Å². The van der Waals surface area contributed by atoms with Gasteiger partial charge in [0.15, 0.2) is 0 Å². The molecule has 14 rings (SSSR count). The number of nitrogens with zero attached hydrogens (tertiary/aromatic N) is 12. The van der Waals surface area contributed by atoms with Crippen LogP contribution in [-0.4, -0.2) is 152 Å². The van der Waals surface area contributed by atoms with Crippen LogP contribution in [0, 0.1) is 0 Å². The summed E-state index contributed by atoms with van der Waals surface area (Å²) in [6.07, 6.45) is 10.2. The van der Waals surface area contributed by atoms with E-state index >= 15 is 0 Å². The molecule has 3 aliphatic rings. The summed E-state index contributed by atoms with van der Waals surface area (Å²) < 4.78 is 0. The molecule has 6 heterocycles. The van der Waals surface area contributed by atoms with Crippen LogP contribution in [0.1, 0.15) is 30.4 Å². The highest BCUT2D eigenvalue weighted by molar-refractivity contribution is 5.85. The summed E-state index contributed by atoms with van der Waals surface area (Å²) in [5, 5.41) is 28.6. The van der Waals surface area contributed by atoms with Crippen LogP contribution in [0.25, 0.3) is 66.5 Å². The van der Waals surface area contributed by atoms with Gasteiger partial charge in [-0.1, -0.05) is 115 Å². The van der Waals surface area contributed by atoms with Gasteiger partial charge in [-0.15, -0.1) is 0 Å². The van der Waals surface area contributed by atoms with Crippen LogP contribution in [0.3, 0.4) is 0 Å². The normalized spacial score (nSPS) is 15.4. The number of anilines is 3. The Kier molecular flexibility index (Phi) is 18.9. The van der Waals surface area contributed by atoms with Crippen molar-refractivity contribution in [3.05, 3.63) is 218 Å². The average Bonchev–Trinajstić information content (AvgIpc) is 3.84. The van der Waals surface area contributed by atoms with E-state index < -0.39 is 0 Å². The Balaban J connectivity index is 0.000000130. The van der Waals surface area contributed by atoms with Crippen LogP contribution in [0.15, 0.2) is 207 Å². The molecule has 0 spiro atoms. The number of phenolic OH excluding ortho intramolecular Hbond substituents is 3. The third kappa shape index (κ3) is 15.3. The number of benzene rings is 8. The van der Waals surface area contributed by atoms with Gasteiger partial charge < -0.3 is 39.8 Å². The molecule has 15 heteroatoms. The molecule has 446 valence electrons. The molecule has 8 aromatic carbocycles. The number of hydrogen-bond acceptors (Lipinski definition) is 15. The Morgan fingerprint density at radius 2 is 0.693 bits per heavy atom. The van der Waals surface area contributed by atoms with Crippen LogP contribution in [-0.2, 0) is 13.0 Å². The molecule has 0 bridgehead atoms. The third-order valence-corrected chi connectivity index (χ3v) is 16.9. The van der Waals surface area contributed by atoms with Gasteiger partial charge >= 0.3 is 0 Å². The van der Waals surface area contributed by atoms with Crippen LogP contribution >= 0.6 is 0 Å². The summed E-state index contributed by atoms with van der Waals surface area (Å²) in [6, 6.07) is 61.6. The first kappa shape index (κ1) is 58.8. The first-order valence-corrected chi connectivity index (χ1v) is 30.8. The molecule has 3 saturated heterocycles. The topological polar surface area (TPSA) is 157 Å². The van der Waals surface area contributed by atoms with Crippen molar-refractivity contribution in [3.63, 3.8) is 0 Å². The summed E-state index contributed by atoms with van der Waals surface area (Å²) in [6.45, 7) is 14.4. The maximum Gasteiger partial charge on any atom is 0.147 e. The molecule has 3 aromatic heterocycles. The van der Waals surface area contributed by atoms with E-state index in [9.17, 15) is 15.3 Å². The third-order valence-electron chi connectivity index (χ3n) is 16.9. The number of aromatic nitrogens is 6. The second kappa shape index (κ2) is 28.3. The first-order valence-electron chi connectivity index (χ1n) is 30.8. The fraction of sp³-hybridized carbons (Fsp3) is 0.260. The minimum absolute atomic E-state index is 0.272. The van der Waals surface area contributed by atoms with Crippen LogP contribution in [0.4, 0.5) is 17.5 Å². The van der Waals surface area contributed by atoms with Crippen molar-refractivity contribution in [2.75, 3.05) is 107 Å². The van der Waals surface area contributed by atoms with Gasteiger partial charge in [-0.25, -0.2) is 15.0 Å². The van der Waals surface area contributed by atoms with Crippen molar-refractivity contribution in [2.24, 2.45) is 0 Å². The lowest BCUT2D eigenvalue weighted by molar-refractivity contribution is 0.285. The molecule has 0 saturated carbocycles. The van der Waals surface area contributed by atoms with E-state index in [0.29, 0.717) is 0 Å². The van der Waals surface area contributed by atoms with Gasteiger partial charge in [0.1, 0.15) is 34.7 Å². The number of phenols is 3. The predicted molar refractivity (Wildman–Crippen MR) is 356 cm³/mol. The lowest BCUT2D eigenvalue weighted by atomic mass is 10.0. The molecule has 11 aromatic rings. The quantitative estimate of drug-likeness (QED) is 0.112. The molecule has 0 atom stereocenters. The summed E-state index contributed by atoms with van der Waals surface area (Å²) in [7, 11) is 2.17. The molecular formula is C73H76N12O3. The van der Waals surface area contributed by atoms with E-state index in [1.54, 1.807) is 36.4 Å². The second-order valence-electron chi connectivity index (χ2n) is 23.1.